The van der Waals surface area contributed by atoms with Gasteiger partial charge < -0.3 is 5.11 Å². The molecule has 19 heavy (non-hydrogen) atoms. The van der Waals surface area contributed by atoms with E-state index in [0.717, 1.165) is 12.8 Å². The van der Waals surface area contributed by atoms with E-state index in [0.29, 0.717) is 26.2 Å². The standard InChI is InChI=1S/C13H23F3N2O/c1-12(2)4-3-10(11(12)19)18-7-5-17(6-8-18)9-13(14,15)16/h10-11,19H,3-9H2,1-2H3. The van der Waals surface area contributed by atoms with Gasteiger partial charge in [0.25, 0.3) is 0 Å². The second kappa shape index (κ2) is 5.22. The summed E-state index contributed by atoms with van der Waals surface area (Å²) in [7, 11) is 0. The Morgan fingerprint density at radius 3 is 2.16 bits per heavy atom. The summed E-state index contributed by atoms with van der Waals surface area (Å²) in [6, 6.07) is 0.114. The minimum absolute atomic E-state index is 0.0756. The molecule has 3 nitrogen and oxygen atoms in total. The first-order valence-electron chi connectivity index (χ1n) is 6.90. The summed E-state index contributed by atoms with van der Waals surface area (Å²) in [5.41, 5.74) is -0.0756. The number of aliphatic hydroxyl groups is 1. The van der Waals surface area contributed by atoms with Crippen molar-refractivity contribution < 1.29 is 18.3 Å². The van der Waals surface area contributed by atoms with Crippen LogP contribution in [0.2, 0.25) is 0 Å². The van der Waals surface area contributed by atoms with Crippen LogP contribution in [0.15, 0.2) is 0 Å². The molecular weight excluding hydrogens is 257 g/mol. The molecule has 1 aliphatic heterocycles. The van der Waals surface area contributed by atoms with Crippen LogP contribution in [-0.4, -0.2) is 66.0 Å². The molecule has 1 saturated carbocycles. The number of piperazine rings is 1. The van der Waals surface area contributed by atoms with E-state index in [1.807, 2.05) is 0 Å². The van der Waals surface area contributed by atoms with Crippen LogP contribution < -0.4 is 0 Å². The Hall–Kier alpha value is -0.330. The molecule has 2 aliphatic rings. The van der Waals surface area contributed by atoms with Crippen LogP contribution in [0, 0.1) is 5.41 Å². The lowest BCUT2D eigenvalue weighted by atomic mass is 9.88. The quantitative estimate of drug-likeness (QED) is 0.834. The number of aliphatic hydroxyl groups excluding tert-OH is 1. The normalized spacial score (nSPS) is 33.8. The van der Waals surface area contributed by atoms with Crippen molar-refractivity contribution in [1.29, 1.82) is 0 Å². The number of nitrogens with zero attached hydrogens (tertiary/aromatic N) is 2. The van der Waals surface area contributed by atoms with Crippen LogP contribution >= 0.6 is 0 Å². The van der Waals surface area contributed by atoms with E-state index in [9.17, 15) is 18.3 Å². The van der Waals surface area contributed by atoms with Gasteiger partial charge in [0.15, 0.2) is 0 Å². The zero-order chi connectivity index (χ0) is 14.3. The van der Waals surface area contributed by atoms with Crippen LogP contribution in [0.5, 0.6) is 0 Å². The highest BCUT2D eigenvalue weighted by molar-refractivity contribution is 4.97. The van der Waals surface area contributed by atoms with Crippen molar-refractivity contribution in [2.75, 3.05) is 32.7 Å². The lowest BCUT2D eigenvalue weighted by Crippen LogP contribution is -2.54. The van der Waals surface area contributed by atoms with Crippen molar-refractivity contribution in [3.8, 4) is 0 Å². The highest BCUT2D eigenvalue weighted by Gasteiger charge is 2.44. The van der Waals surface area contributed by atoms with Gasteiger partial charge in [0.05, 0.1) is 12.6 Å². The van der Waals surface area contributed by atoms with Crippen LogP contribution in [0.25, 0.3) is 0 Å². The van der Waals surface area contributed by atoms with Crippen LogP contribution in [0.3, 0.4) is 0 Å². The first-order chi connectivity index (χ1) is 8.69. The van der Waals surface area contributed by atoms with Crippen molar-refractivity contribution >= 4 is 0 Å². The summed E-state index contributed by atoms with van der Waals surface area (Å²) in [4.78, 5) is 3.61. The third kappa shape index (κ3) is 3.61. The molecule has 1 heterocycles. The molecule has 2 unspecified atom stereocenters. The van der Waals surface area contributed by atoms with Gasteiger partial charge in [-0.3, -0.25) is 9.80 Å². The Morgan fingerprint density at radius 1 is 1.16 bits per heavy atom. The summed E-state index contributed by atoms with van der Waals surface area (Å²) in [6.07, 6.45) is -2.58. The SMILES string of the molecule is CC1(C)CCC(N2CCN(CC(F)(F)F)CC2)C1O. The summed E-state index contributed by atoms with van der Waals surface area (Å²) < 4.78 is 36.9. The summed E-state index contributed by atoms with van der Waals surface area (Å²) in [6.45, 7) is 5.39. The van der Waals surface area contributed by atoms with Crippen molar-refractivity contribution in [3.05, 3.63) is 0 Å². The first kappa shape index (κ1) is 15.1. The maximum Gasteiger partial charge on any atom is 0.401 e. The van der Waals surface area contributed by atoms with E-state index >= 15 is 0 Å². The maximum atomic E-state index is 12.3. The molecule has 1 N–H and O–H groups in total. The number of rotatable bonds is 2. The highest BCUT2D eigenvalue weighted by atomic mass is 19.4. The van der Waals surface area contributed by atoms with Gasteiger partial charge in [-0.15, -0.1) is 0 Å². The van der Waals surface area contributed by atoms with Crippen molar-refractivity contribution in [1.82, 2.24) is 9.80 Å². The lowest BCUT2D eigenvalue weighted by molar-refractivity contribution is -0.150. The molecule has 0 aromatic rings. The fourth-order valence-electron chi connectivity index (χ4n) is 3.24. The van der Waals surface area contributed by atoms with Crippen LogP contribution in [0.4, 0.5) is 13.2 Å². The molecule has 2 fully saturated rings. The van der Waals surface area contributed by atoms with E-state index < -0.39 is 12.7 Å². The van der Waals surface area contributed by atoms with Gasteiger partial charge in [0.2, 0.25) is 0 Å². The third-order valence-electron chi connectivity index (χ3n) is 4.53. The molecule has 1 aliphatic carbocycles. The summed E-state index contributed by atoms with van der Waals surface area (Å²) in [5, 5.41) is 10.3. The fraction of sp³-hybridized carbons (Fsp3) is 1.00. The molecule has 6 heteroatoms. The van der Waals surface area contributed by atoms with Gasteiger partial charge in [0, 0.05) is 32.2 Å². The molecule has 0 aromatic carbocycles. The molecule has 1 saturated heterocycles. The van der Waals surface area contributed by atoms with Gasteiger partial charge in [-0.1, -0.05) is 13.8 Å². The summed E-state index contributed by atoms with van der Waals surface area (Å²) >= 11 is 0. The molecule has 0 radical (unpaired) electrons. The largest absolute Gasteiger partial charge is 0.401 e. The Balaban J connectivity index is 1.84. The topological polar surface area (TPSA) is 26.7 Å². The van der Waals surface area contributed by atoms with Gasteiger partial charge in [-0.05, 0) is 18.3 Å². The Labute approximate surface area is 112 Å². The number of hydrogen-bond acceptors (Lipinski definition) is 3. The summed E-state index contributed by atoms with van der Waals surface area (Å²) in [5.74, 6) is 0. The van der Waals surface area contributed by atoms with Crippen molar-refractivity contribution in [3.63, 3.8) is 0 Å². The first-order valence-corrected chi connectivity index (χ1v) is 6.90. The molecular formula is C13H23F3N2O. The molecule has 0 bridgehead atoms. The third-order valence-corrected chi connectivity index (χ3v) is 4.53. The molecule has 0 spiro atoms. The zero-order valence-corrected chi connectivity index (χ0v) is 11.6. The molecule has 0 aromatic heterocycles. The predicted molar refractivity (Wildman–Crippen MR) is 66.9 cm³/mol. The monoisotopic (exact) mass is 280 g/mol. The molecule has 2 rings (SSSR count). The molecule has 0 amide bonds. The van der Waals surface area contributed by atoms with E-state index in [-0.39, 0.29) is 17.6 Å². The van der Waals surface area contributed by atoms with Crippen molar-refractivity contribution in [2.45, 2.75) is 45.0 Å². The minimum atomic E-state index is -4.11. The average Bonchev–Trinajstić information content (AvgIpc) is 2.54. The smallest absolute Gasteiger partial charge is 0.391 e. The van der Waals surface area contributed by atoms with Crippen LogP contribution in [-0.2, 0) is 0 Å². The Kier molecular flexibility index (Phi) is 4.14. The van der Waals surface area contributed by atoms with E-state index in [1.165, 1.54) is 4.90 Å². The van der Waals surface area contributed by atoms with Crippen LogP contribution in [0.1, 0.15) is 26.7 Å². The van der Waals surface area contributed by atoms with Gasteiger partial charge in [-0.2, -0.15) is 13.2 Å². The van der Waals surface area contributed by atoms with Gasteiger partial charge in [0.1, 0.15) is 0 Å². The van der Waals surface area contributed by atoms with E-state index in [1.54, 1.807) is 0 Å². The van der Waals surface area contributed by atoms with E-state index in [4.69, 9.17) is 0 Å². The maximum absolute atomic E-state index is 12.3. The Bertz CT molecular complexity index is 312. The Morgan fingerprint density at radius 2 is 1.74 bits per heavy atom. The van der Waals surface area contributed by atoms with Crippen molar-refractivity contribution in [2.24, 2.45) is 5.41 Å². The second-order valence-electron chi connectivity index (χ2n) is 6.47. The predicted octanol–water partition coefficient (Wildman–Crippen LogP) is 1.72. The average molecular weight is 280 g/mol. The number of alkyl halides is 3. The molecule has 2 atom stereocenters. The van der Waals surface area contributed by atoms with Gasteiger partial charge in [-0.25, -0.2) is 0 Å². The lowest BCUT2D eigenvalue weighted by Gasteiger charge is -2.40. The molecule has 112 valence electrons. The number of hydrogen-bond donors (Lipinski definition) is 1. The zero-order valence-electron chi connectivity index (χ0n) is 11.6. The second-order valence-corrected chi connectivity index (χ2v) is 6.47. The van der Waals surface area contributed by atoms with Gasteiger partial charge >= 0.3 is 6.18 Å². The van der Waals surface area contributed by atoms with E-state index in [2.05, 4.69) is 18.7 Å². The minimum Gasteiger partial charge on any atom is -0.391 e. The fourth-order valence-corrected chi connectivity index (χ4v) is 3.24. The highest BCUT2D eigenvalue weighted by Crippen LogP contribution is 2.40. The number of halogens is 3.